The van der Waals surface area contributed by atoms with Crippen molar-refractivity contribution < 1.29 is 9.53 Å². The molecule has 0 saturated carbocycles. The molecule has 0 atom stereocenters. The smallest absolute Gasteiger partial charge is 0.216 e. The predicted octanol–water partition coefficient (Wildman–Crippen LogP) is 3.44. The van der Waals surface area contributed by atoms with Crippen LogP contribution in [0.4, 0.5) is 0 Å². The summed E-state index contributed by atoms with van der Waals surface area (Å²) in [6.45, 7) is 5.58. The highest BCUT2D eigenvalue weighted by atomic mass is 79.9. The van der Waals surface area contributed by atoms with Gasteiger partial charge in [0.15, 0.2) is 5.60 Å². The monoisotopic (exact) mass is 280 g/mol. The van der Waals surface area contributed by atoms with Gasteiger partial charge in [0.25, 0.3) is 0 Å². The number of rotatable bonds is 1. The van der Waals surface area contributed by atoms with Crippen LogP contribution in [0.5, 0.6) is 0 Å². The third kappa shape index (κ3) is 1.80. The van der Waals surface area contributed by atoms with Gasteiger partial charge >= 0.3 is 0 Å². The SMILES string of the molecule is Cc1ccc(C2=C(Br)C(=O)C(C)(C)O2)cc1. The molecule has 1 aromatic rings. The van der Waals surface area contributed by atoms with Gasteiger partial charge in [-0.1, -0.05) is 29.8 Å². The Labute approximate surface area is 103 Å². The van der Waals surface area contributed by atoms with Crippen molar-refractivity contribution in [2.75, 3.05) is 0 Å². The molecule has 0 radical (unpaired) electrons. The molecule has 0 N–H and O–H groups in total. The van der Waals surface area contributed by atoms with Gasteiger partial charge in [-0.25, -0.2) is 0 Å². The zero-order chi connectivity index (χ0) is 11.9. The molecule has 0 bridgehead atoms. The van der Waals surface area contributed by atoms with E-state index in [-0.39, 0.29) is 5.78 Å². The fraction of sp³-hybridized carbons (Fsp3) is 0.308. The third-order valence-electron chi connectivity index (χ3n) is 2.62. The van der Waals surface area contributed by atoms with E-state index in [0.717, 1.165) is 5.56 Å². The molecule has 0 unspecified atom stereocenters. The molecule has 0 spiro atoms. The molecule has 1 aliphatic rings. The summed E-state index contributed by atoms with van der Waals surface area (Å²) in [6, 6.07) is 7.92. The summed E-state index contributed by atoms with van der Waals surface area (Å²) < 4.78 is 6.21. The second-order valence-electron chi connectivity index (χ2n) is 4.45. The minimum absolute atomic E-state index is 0.0110. The van der Waals surface area contributed by atoms with Crippen molar-refractivity contribution in [1.82, 2.24) is 0 Å². The van der Waals surface area contributed by atoms with Crippen LogP contribution in [0.25, 0.3) is 5.76 Å². The normalized spacial score (nSPS) is 18.9. The van der Waals surface area contributed by atoms with E-state index in [1.165, 1.54) is 5.56 Å². The van der Waals surface area contributed by atoms with Crippen molar-refractivity contribution in [3.63, 3.8) is 0 Å². The van der Waals surface area contributed by atoms with Gasteiger partial charge in [0.2, 0.25) is 5.78 Å². The Morgan fingerprint density at radius 2 is 1.75 bits per heavy atom. The maximum absolute atomic E-state index is 11.8. The second kappa shape index (κ2) is 3.74. The highest BCUT2D eigenvalue weighted by molar-refractivity contribution is 9.12. The van der Waals surface area contributed by atoms with Crippen LogP contribution in [0.3, 0.4) is 0 Å². The molecule has 3 heteroatoms. The van der Waals surface area contributed by atoms with Crippen molar-refractivity contribution in [3.8, 4) is 0 Å². The van der Waals surface area contributed by atoms with Gasteiger partial charge in [0, 0.05) is 5.56 Å². The number of halogens is 1. The molecule has 1 aromatic carbocycles. The lowest BCUT2D eigenvalue weighted by atomic mass is 10.1. The van der Waals surface area contributed by atoms with Crippen molar-refractivity contribution in [3.05, 3.63) is 39.9 Å². The summed E-state index contributed by atoms with van der Waals surface area (Å²) in [7, 11) is 0. The van der Waals surface area contributed by atoms with Crippen LogP contribution in [0, 0.1) is 6.92 Å². The number of benzene rings is 1. The lowest BCUT2D eigenvalue weighted by Gasteiger charge is -2.17. The zero-order valence-corrected chi connectivity index (χ0v) is 11.1. The van der Waals surface area contributed by atoms with E-state index in [4.69, 9.17) is 4.74 Å². The Hall–Kier alpha value is -1.09. The van der Waals surface area contributed by atoms with Gasteiger partial charge in [0.05, 0.1) is 0 Å². The fourth-order valence-electron chi connectivity index (χ4n) is 1.60. The summed E-state index contributed by atoms with van der Waals surface area (Å²) in [5.74, 6) is 0.623. The number of ether oxygens (including phenoxy) is 1. The Morgan fingerprint density at radius 3 is 2.19 bits per heavy atom. The molecule has 0 fully saturated rings. The third-order valence-corrected chi connectivity index (χ3v) is 3.34. The quantitative estimate of drug-likeness (QED) is 0.788. The summed E-state index contributed by atoms with van der Waals surface area (Å²) in [5, 5.41) is 0. The summed E-state index contributed by atoms with van der Waals surface area (Å²) in [5.41, 5.74) is 1.35. The Balaban J connectivity index is 2.43. The average Bonchev–Trinajstić information content (AvgIpc) is 2.44. The molecule has 0 aromatic heterocycles. The van der Waals surface area contributed by atoms with Crippen LogP contribution in [0.15, 0.2) is 28.7 Å². The number of Topliss-reactive ketones (excluding diaryl/α,β-unsaturated/α-hetero) is 1. The van der Waals surface area contributed by atoms with E-state index >= 15 is 0 Å². The van der Waals surface area contributed by atoms with Gasteiger partial charge in [-0.2, -0.15) is 0 Å². The average molecular weight is 281 g/mol. The van der Waals surface area contributed by atoms with E-state index < -0.39 is 5.60 Å². The number of hydrogen-bond donors (Lipinski definition) is 0. The van der Waals surface area contributed by atoms with E-state index in [0.29, 0.717) is 10.2 Å². The van der Waals surface area contributed by atoms with E-state index in [2.05, 4.69) is 15.9 Å². The van der Waals surface area contributed by atoms with Gasteiger partial charge in [0.1, 0.15) is 10.2 Å². The molecule has 1 aliphatic heterocycles. The second-order valence-corrected chi connectivity index (χ2v) is 5.24. The van der Waals surface area contributed by atoms with Crippen molar-refractivity contribution >= 4 is 27.5 Å². The van der Waals surface area contributed by atoms with Gasteiger partial charge < -0.3 is 4.74 Å². The van der Waals surface area contributed by atoms with Gasteiger partial charge in [-0.05, 0) is 36.7 Å². The topological polar surface area (TPSA) is 26.3 Å². The lowest BCUT2D eigenvalue weighted by Crippen LogP contribution is -2.28. The molecule has 84 valence electrons. The molecule has 0 amide bonds. The van der Waals surface area contributed by atoms with Crippen LogP contribution in [-0.4, -0.2) is 11.4 Å². The van der Waals surface area contributed by atoms with Crippen molar-refractivity contribution in [2.24, 2.45) is 0 Å². The van der Waals surface area contributed by atoms with E-state index in [9.17, 15) is 4.79 Å². The summed E-state index contributed by atoms with van der Waals surface area (Å²) in [4.78, 5) is 11.8. The van der Waals surface area contributed by atoms with Crippen LogP contribution in [0.2, 0.25) is 0 Å². The summed E-state index contributed by atoms with van der Waals surface area (Å²) >= 11 is 3.31. The van der Waals surface area contributed by atoms with Gasteiger partial charge in [-0.3, -0.25) is 4.79 Å². The highest BCUT2D eigenvalue weighted by Gasteiger charge is 2.41. The molecule has 2 rings (SSSR count). The molecule has 16 heavy (non-hydrogen) atoms. The Morgan fingerprint density at radius 1 is 1.19 bits per heavy atom. The first-order valence-corrected chi connectivity index (χ1v) is 5.92. The maximum Gasteiger partial charge on any atom is 0.216 e. The van der Waals surface area contributed by atoms with Crippen LogP contribution >= 0.6 is 15.9 Å². The number of carbonyl (C=O) groups is 1. The highest BCUT2D eigenvalue weighted by Crippen LogP contribution is 2.38. The minimum Gasteiger partial charge on any atom is -0.478 e. The molecule has 2 nitrogen and oxygen atoms in total. The minimum atomic E-state index is -0.765. The molecular weight excluding hydrogens is 268 g/mol. The fourth-order valence-corrected chi connectivity index (χ4v) is 2.39. The number of ketones is 1. The zero-order valence-electron chi connectivity index (χ0n) is 9.50. The van der Waals surface area contributed by atoms with Gasteiger partial charge in [-0.15, -0.1) is 0 Å². The van der Waals surface area contributed by atoms with E-state index in [1.807, 2.05) is 31.2 Å². The maximum atomic E-state index is 11.8. The first-order valence-electron chi connectivity index (χ1n) is 5.12. The standard InChI is InChI=1S/C13H13BrO2/c1-8-4-6-9(7-5-8)11-10(14)12(15)13(2,3)16-11/h4-7H,1-3H3. The van der Waals surface area contributed by atoms with Crippen LogP contribution < -0.4 is 0 Å². The van der Waals surface area contributed by atoms with Crippen LogP contribution in [-0.2, 0) is 9.53 Å². The number of aryl methyl sites for hydroxylation is 1. The van der Waals surface area contributed by atoms with Crippen molar-refractivity contribution in [2.45, 2.75) is 26.4 Å². The molecule has 0 saturated heterocycles. The molecule has 0 aliphatic carbocycles. The van der Waals surface area contributed by atoms with Crippen LogP contribution in [0.1, 0.15) is 25.0 Å². The lowest BCUT2D eigenvalue weighted by molar-refractivity contribution is -0.125. The first kappa shape index (κ1) is 11.4. The summed E-state index contributed by atoms with van der Waals surface area (Å²) in [6.07, 6.45) is 0. The Bertz CT molecular complexity index is 469. The molecular formula is C13H13BrO2. The Kier molecular flexibility index (Phi) is 2.66. The number of hydrogen-bond acceptors (Lipinski definition) is 2. The van der Waals surface area contributed by atoms with Crippen molar-refractivity contribution in [1.29, 1.82) is 0 Å². The molecule has 1 heterocycles. The van der Waals surface area contributed by atoms with E-state index in [1.54, 1.807) is 13.8 Å². The number of carbonyl (C=O) groups excluding carboxylic acids is 1. The predicted molar refractivity (Wildman–Crippen MR) is 67.2 cm³/mol. The first-order chi connectivity index (χ1) is 7.42. The largest absolute Gasteiger partial charge is 0.478 e.